The predicted octanol–water partition coefficient (Wildman–Crippen LogP) is 8.91. The first-order valence-corrected chi connectivity index (χ1v) is 19.8. The number of imide groups is 1. The summed E-state index contributed by atoms with van der Waals surface area (Å²) in [4.78, 5) is 62.9. The second-order valence-electron chi connectivity index (χ2n) is 15.8. The molecule has 5 aromatic carbocycles. The minimum atomic E-state index is -1.47. The molecule has 294 valence electrons. The molecule has 4 aliphatic rings. The van der Waals surface area contributed by atoms with Gasteiger partial charge in [-0.1, -0.05) is 84.4 Å². The van der Waals surface area contributed by atoms with Gasteiger partial charge >= 0.3 is 0 Å². The van der Waals surface area contributed by atoms with Gasteiger partial charge < -0.3 is 14.7 Å². The van der Waals surface area contributed by atoms with Crippen LogP contribution < -0.4 is 14.5 Å². The van der Waals surface area contributed by atoms with Gasteiger partial charge in [-0.25, -0.2) is 0 Å². The van der Waals surface area contributed by atoms with Crippen molar-refractivity contribution in [2.24, 2.45) is 33.9 Å². The first kappa shape index (κ1) is 37.6. The van der Waals surface area contributed by atoms with Crippen molar-refractivity contribution in [3.8, 4) is 11.5 Å². The Hall–Kier alpha value is -6.94. The molecule has 0 radical (unpaired) electrons. The summed E-state index contributed by atoms with van der Waals surface area (Å²) in [6.07, 6.45) is 3.85. The number of azo groups is 1. The molecule has 1 N–H and O–H groups in total. The van der Waals surface area contributed by atoms with E-state index in [1.54, 1.807) is 42.5 Å². The highest BCUT2D eigenvalue weighted by Gasteiger charge is 2.66. The number of anilines is 2. The Bertz CT molecular complexity index is 2580. The Balaban J connectivity index is 1.13. The molecule has 9 rings (SSSR count). The number of rotatable bonds is 8. The third kappa shape index (κ3) is 6.00. The molecule has 10 heteroatoms. The van der Waals surface area contributed by atoms with Crippen LogP contribution in [0.5, 0.6) is 11.5 Å². The fraction of sp³-hybridized carbons (Fsp3) is 0.224. The van der Waals surface area contributed by atoms with Crippen LogP contribution in [0.4, 0.5) is 22.7 Å². The monoisotopic (exact) mass is 782 g/mol. The molecule has 0 spiro atoms. The van der Waals surface area contributed by atoms with Crippen LogP contribution in [0.1, 0.15) is 35.4 Å². The lowest BCUT2D eigenvalue weighted by Gasteiger charge is -2.55. The molecule has 2 fully saturated rings. The number of ether oxygens (including phenoxy) is 1. The fourth-order valence-electron chi connectivity index (χ4n) is 10.0. The van der Waals surface area contributed by atoms with Crippen LogP contribution >= 0.6 is 0 Å². The van der Waals surface area contributed by atoms with E-state index in [0.29, 0.717) is 39.3 Å². The number of phenols is 1. The van der Waals surface area contributed by atoms with Crippen LogP contribution in [0, 0.1) is 23.7 Å². The molecule has 1 saturated heterocycles. The number of methoxy groups -OCH3 is 1. The Labute approximate surface area is 342 Å². The van der Waals surface area contributed by atoms with Crippen molar-refractivity contribution in [1.29, 1.82) is 0 Å². The van der Waals surface area contributed by atoms with Crippen molar-refractivity contribution in [1.82, 2.24) is 0 Å². The standard InChI is InChI=1S/C49H42N4O6/c1-52(2)33-21-17-31(18-22-33)50-51-32-19-23-34(24-20-32)53-47(57)36-26-25-35-39(43(36)48(53)58)27-40-45(55)38(29-11-6-4-7-12-29)28-42(54)49(40,30-13-8-5-9-14-30)44(35)37-15-10-16-41(59-3)46(37)56/h4-25,28,36,39-40,43-44,56H,26-27H2,1-3H3. The maximum Gasteiger partial charge on any atom is 0.238 e. The highest BCUT2D eigenvalue weighted by atomic mass is 16.5. The summed E-state index contributed by atoms with van der Waals surface area (Å²) in [5.41, 5.74) is 3.96. The molecule has 0 bridgehead atoms. The zero-order valence-corrected chi connectivity index (χ0v) is 32.9. The number of ketones is 2. The van der Waals surface area contributed by atoms with E-state index in [9.17, 15) is 14.7 Å². The van der Waals surface area contributed by atoms with Crippen molar-refractivity contribution in [3.63, 3.8) is 0 Å². The maximum atomic E-state index is 15.3. The number of nitrogens with zero attached hydrogens (tertiary/aromatic N) is 4. The van der Waals surface area contributed by atoms with Crippen molar-refractivity contribution >= 4 is 51.7 Å². The number of benzene rings is 5. The SMILES string of the molecule is COc1cccc(C2C3=CCC4C(=O)N(c5ccc(N=Nc6ccc(N(C)C)cc6)cc5)C(=O)C4C3CC3C(=O)C(c4ccccc4)=CC(=O)C32c2ccccc2)c1O. The number of para-hydroxylation sites is 1. The highest BCUT2D eigenvalue weighted by Crippen LogP contribution is 2.65. The number of hydrogen-bond donors (Lipinski definition) is 1. The average Bonchev–Trinajstić information content (AvgIpc) is 3.53. The molecular formula is C49H42N4O6. The zero-order valence-electron chi connectivity index (χ0n) is 32.9. The van der Waals surface area contributed by atoms with E-state index in [1.807, 2.05) is 110 Å². The molecule has 1 aliphatic heterocycles. The quantitative estimate of drug-likeness (QED) is 0.0946. The highest BCUT2D eigenvalue weighted by molar-refractivity contribution is 6.32. The van der Waals surface area contributed by atoms with E-state index >= 15 is 9.59 Å². The van der Waals surface area contributed by atoms with Gasteiger partial charge in [-0.2, -0.15) is 10.2 Å². The van der Waals surface area contributed by atoms with Gasteiger partial charge in [-0.3, -0.25) is 24.1 Å². The average molecular weight is 783 g/mol. The maximum absolute atomic E-state index is 15.3. The van der Waals surface area contributed by atoms with Crippen LogP contribution in [0.15, 0.2) is 155 Å². The molecule has 6 unspecified atom stereocenters. The molecule has 5 aromatic rings. The number of phenolic OH excluding ortho intramolecular Hbond substituents is 1. The van der Waals surface area contributed by atoms with Crippen molar-refractivity contribution in [3.05, 3.63) is 162 Å². The van der Waals surface area contributed by atoms with Gasteiger partial charge in [-0.05, 0) is 90.6 Å². The molecule has 10 nitrogen and oxygen atoms in total. The molecule has 59 heavy (non-hydrogen) atoms. The van der Waals surface area contributed by atoms with Crippen molar-refractivity contribution in [2.75, 3.05) is 31.0 Å². The summed E-state index contributed by atoms with van der Waals surface area (Å²) >= 11 is 0. The molecule has 3 aliphatic carbocycles. The third-order valence-electron chi connectivity index (χ3n) is 12.7. The molecule has 1 saturated carbocycles. The van der Waals surface area contributed by atoms with E-state index in [0.717, 1.165) is 11.3 Å². The van der Waals surface area contributed by atoms with Gasteiger partial charge in [0.05, 0.1) is 41.4 Å². The van der Waals surface area contributed by atoms with E-state index in [2.05, 4.69) is 10.2 Å². The molecule has 0 aromatic heterocycles. The minimum Gasteiger partial charge on any atom is -0.504 e. The second-order valence-corrected chi connectivity index (χ2v) is 15.8. The van der Waals surface area contributed by atoms with Crippen LogP contribution in [0.2, 0.25) is 0 Å². The van der Waals surface area contributed by atoms with E-state index in [4.69, 9.17) is 4.74 Å². The molecular weight excluding hydrogens is 741 g/mol. The van der Waals surface area contributed by atoms with Gasteiger partial charge in [0, 0.05) is 42.8 Å². The molecule has 6 atom stereocenters. The first-order chi connectivity index (χ1) is 28.6. The summed E-state index contributed by atoms with van der Waals surface area (Å²) in [5.74, 6) is -4.96. The lowest BCUT2D eigenvalue weighted by atomic mass is 9.44. The number of fused-ring (bicyclic) bond motifs is 4. The smallest absolute Gasteiger partial charge is 0.238 e. The van der Waals surface area contributed by atoms with Gasteiger partial charge in [0.15, 0.2) is 23.1 Å². The van der Waals surface area contributed by atoms with Crippen molar-refractivity contribution < 1.29 is 29.0 Å². The van der Waals surface area contributed by atoms with Gasteiger partial charge in [0.2, 0.25) is 11.8 Å². The molecule has 1 heterocycles. The summed E-state index contributed by atoms with van der Waals surface area (Å²) < 4.78 is 5.58. The summed E-state index contributed by atoms with van der Waals surface area (Å²) in [7, 11) is 5.39. The first-order valence-electron chi connectivity index (χ1n) is 19.8. The van der Waals surface area contributed by atoms with Crippen LogP contribution in [0.3, 0.4) is 0 Å². The van der Waals surface area contributed by atoms with Crippen LogP contribution in [0.25, 0.3) is 5.57 Å². The van der Waals surface area contributed by atoms with E-state index in [-0.39, 0.29) is 47.7 Å². The Morgan fingerprint density at radius 1 is 0.746 bits per heavy atom. The largest absolute Gasteiger partial charge is 0.504 e. The van der Waals surface area contributed by atoms with E-state index in [1.165, 1.54) is 18.1 Å². The zero-order chi connectivity index (χ0) is 41.0. The fourth-order valence-corrected chi connectivity index (χ4v) is 10.0. The Morgan fingerprint density at radius 2 is 1.39 bits per heavy atom. The van der Waals surface area contributed by atoms with Crippen LogP contribution in [-0.4, -0.2) is 49.7 Å². The van der Waals surface area contributed by atoms with Gasteiger partial charge in [0.25, 0.3) is 0 Å². The lowest BCUT2D eigenvalue weighted by Crippen LogP contribution is -2.58. The number of allylic oxidation sites excluding steroid dienone is 4. The minimum absolute atomic E-state index is 0.144. The third-order valence-corrected chi connectivity index (χ3v) is 12.7. The molecule has 2 amide bonds. The summed E-state index contributed by atoms with van der Waals surface area (Å²) in [5, 5.41) is 20.6. The Kier molecular flexibility index (Phi) is 9.42. The number of carbonyl (C=O) groups excluding carboxylic acids is 4. The topological polar surface area (TPSA) is 129 Å². The lowest BCUT2D eigenvalue weighted by molar-refractivity contribution is -0.135. The predicted molar refractivity (Wildman–Crippen MR) is 225 cm³/mol. The van der Waals surface area contributed by atoms with E-state index < -0.39 is 35.0 Å². The number of amides is 2. The number of carbonyl (C=O) groups is 4. The normalized spacial score (nSPS) is 24.9. The van der Waals surface area contributed by atoms with Gasteiger partial charge in [-0.15, -0.1) is 0 Å². The summed E-state index contributed by atoms with van der Waals surface area (Å²) in [6, 6.07) is 38.1. The second kappa shape index (κ2) is 14.8. The van der Waals surface area contributed by atoms with Crippen LogP contribution in [-0.2, 0) is 24.6 Å². The number of aromatic hydroxyl groups is 1. The number of Topliss-reactive ketones (excluding diaryl/α,β-unsaturated/α-hetero) is 1. The van der Waals surface area contributed by atoms with Crippen molar-refractivity contribution in [2.45, 2.75) is 24.2 Å². The summed E-state index contributed by atoms with van der Waals surface area (Å²) in [6.45, 7) is 0. The van der Waals surface area contributed by atoms with Gasteiger partial charge in [0.1, 0.15) is 0 Å². The Morgan fingerprint density at radius 3 is 2.03 bits per heavy atom. The number of hydrogen-bond acceptors (Lipinski definition) is 9.